The Morgan fingerprint density at radius 2 is 2.19 bits per heavy atom. The van der Waals surface area contributed by atoms with Crippen molar-refractivity contribution in [2.75, 3.05) is 25.1 Å². The first-order valence-corrected chi connectivity index (χ1v) is 8.20. The quantitative estimate of drug-likeness (QED) is 0.838. The van der Waals surface area contributed by atoms with E-state index in [2.05, 4.69) is 50.2 Å². The minimum absolute atomic E-state index is 0.281. The van der Waals surface area contributed by atoms with Crippen molar-refractivity contribution >= 4 is 5.82 Å². The van der Waals surface area contributed by atoms with Gasteiger partial charge in [0.05, 0.1) is 12.1 Å². The maximum Gasteiger partial charge on any atom is 0.129 e. The van der Waals surface area contributed by atoms with Crippen LogP contribution < -0.4 is 10.2 Å². The number of anilines is 1. The SMILES string of the molecule is CCCc1cc(CNCC)cc(N(C)C2CCOC2C)n1. The standard InChI is InChI=1S/C17H29N3O/c1-5-7-15-10-14(12-18-6-2)11-17(19-15)20(4)16-8-9-21-13(16)3/h10-11,13,16,18H,5-9,12H2,1-4H3. The maximum absolute atomic E-state index is 5.70. The molecule has 1 fully saturated rings. The Labute approximate surface area is 128 Å². The van der Waals surface area contributed by atoms with Crippen molar-refractivity contribution in [3.63, 3.8) is 0 Å². The molecule has 0 amide bonds. The van der Waals surface area contributed by atoms with Crippen molar-refractivity contribution in [1.82, 2.24) is 10.3 Å². The predicted octanol–water partition coefficient (Wildman–Crippen LogP) is 2.76. The Morgan fingerprint density at radius 3 is 2.81 bits per heavy atom. The Kier molecular flexibility index (Phi) is 6.00. The normalized spacial score (nSPS) is 21.7. The van der Waals surface area contributed by atoms with Crippen LogP contribution in [0.5, 0.6) is 0 Å². The molecule has 118 valence electrons. The molecule has 0 bridgehead atoms. The molecule has 1 aliphatic heterocycles. The highest BCUT2D eigenvalue weighted by Gasteiger charge is 2.28. The summed E-state index contributed by atoms with van der Waals surface area (Å²) in [6, 6.07) is 4.88. The van der Waals surface area contributed by atoms with Gasteiger partial charge in [-0.3, -0.25) is 0 Å². The number of aryl methyl sites for hydroxylation is 1. The zero-order valence-electron chi connectivity index (χ0n) is 13.9. The van der Waals surface area contributed by atoms with E-state index in [0.717, 1.165) is 44.8 Å². The summed E-state index contributed by atoms with van der Waals surface area (Å²) in [4.78, 5) is 7.15. The van der Waals surface area contributed by atoms with Crippen molar-refractivity contribution in [2.24, 2.45) is 0 Å². The highest BCUT2D eigenvalue weighted by molar-refractivity contribution is 5.43. The highest BCUT2D eigenvalue weighted by atomic mass is 16.5. The van der Waals surface area contributed by atoms with Crippen molar-refractivity contribution < 1.29 is 4.74 Å². The van der Waals surface area contributed by atoms with E-state index in [1.807, 2.05) is 0 Å². The van der Waals surface area contributed by atoms with Crippen LogP contribution in [0.3, 0.4) is 0 Å². The molecule has 0 radical (unpaired) electrons. The van der Waals surface area contributed by atoms with Gasteiger partial charge in [0.2, 0.25) is 0 Å². The molecule has 1 saturated heterocycles. The molecule has 0 aromatic carbocycles. The smallest absolute Gasteiger partial charge is 0.129 e. The van der Waals surface area contributed by atoms with E-state index < -0.39 is 0 Å². The first-order valence-electron chi connectivity index (χ1n) is 8.20. The molecule has 1 aliphatic rings. The highest BCUT2D eigenvalue weighted by Crippen LogP contribution is 2.24. The third-order valence-electron chi connectivity index (χ3n) is 4.20. The number of ether oxygens (including phenoxy) is 1. The molecule has 0 saturated carbocycles. The molecule has 0 aliphatic carbocycles. The number of aromatic nitrogens is 1. The van der Waals surface area contributed by atoms with Crippen molar-refractivity contribution in [1.29, 1.82) is 0 Å². The van der Waals surface area contributed by atoms with Gasteiger partial charge in [0.15, 0.2) is 0 Å². The van der Waals surface area contributed by atoms with Crippen molar-refractivity contribution in [3.05, 3.63) is 23.4 Å². The lowest BCUT2D eigenvalue weighted by Gasteiger charge is -2.28. The van der Waals surface area contributed by atoms with Gasteiger partial charge in [-0.2, -0.15) is 0 Å². The third-order valence-corrected chi connectivity index (χ3v) is 4.20. The van der Waals surface area contributed by atoms with E-state index >= 15 is 0 Å². The van der Waals surface area contributed by atoms with Gasteiger partial charge in [-0.1, -0.05) is 20.3 Å². The second-order valence-corrected chi connectivity index (χ2v) is 5.90. The number of nitrogens with one attached hydrogen (secondary N) is 1. The zero-order valence-corrected chi connectivity index (χ0v) is 13.9. The van der Waals surface area contributed by atoms with Gasteiger partial charge >= 0.3 is 0 Å². The lowest BCUT2D eigenvalue weighted by atomic mass is 10.1. The molecule has 2 unspecified atom stereocenters. The summed E-state index contributed by atoms with van der Waals surface area (Å²) in [5.74, 6) is 1.08. The molecular formula is C17H29N3O. The summed E-state index contributed by atoms with van der Waals surface area (Å²) in [5.41, 5.74) is 2.52. The molecular weight excluding hydrogens is 262 g/mol. The molecule has 2 atom stereocenters. The average molecular weight is 291 g/mol. The van der Waals surface area contributed by atoms with Crippen LogP contribution in [-0.4, -0.2) is 37.3 Å². The van der Waals surface area contributed by atoms with E-state index in [1.54, 1.807) is 0 Å². The van der Waals surface area contributed by atoms with E-state index in [0.29, 0.717) is 6.04 Å². The molecule has 1 N–H and O–H groups in total. The minimum atomic E-state index is 0.281. The van der Waals surface area contributed by atoms with Crippen LogP contribution in [0.4, 0.5) is 5.82 Å². The van der Waals surface area contributed by atoms with Gasteiger partial charge in [-0.05, 0) is 44.0 Å². The summed E-state index contributed by atoms with van der Waals surface area (Å²) in [6.45, 7) is 9.25. The number of likely N-dealkylation sites (N-methyl/N-ethyl adjacent to an activating group) is 1. The van der Waals surface area contributed by atoms with Gasteiger partial charge in [0, 0.05) is 25.9 Å². The van der Waals surface area contributed by atoms with Crippen LogP contribution in [0.25, 0.3) is 0 Å². The van der Waals surface area contributed by atoms with E-state index in [1.165, 1.54) is 11.3 Å². The lowest BCUT2D eigenvalue weighted by Crippen LogP contribution is -2.37. The Bertz CT molecular complexity index is 450. The fraction of sp³-hybridized carbons (Fsp3) is 0.706. The van der Waals surface area contributed by atoms with Gasteiger partial charge in [0.25, 0.3) is 0 Å². The largest absolute Gasteiger partial charge is 0.376 e. The maximum atomic E-state index is 5.70. The topological polar surface area (TPSA) is 37.4 Å². The van der Waals surface area contributed by atoms with Crippen LogP contribution in [-0.2, 0) is 17.7 Å². The third kappa shape index (κ3) is 4.17. The number of nitrogens with zero attached hydrogens (tertiary/aromatic N) is 2. The monoisotopic (exact) mass is 291 g/mol. The first kappa shape index (κ1) is 16.2. The number of hydrogen-bond donors (Lipinski definition) is 1. The van der Waals surface area contributed by atoms with Gasteiger partial charge in [-0.25, -0.2) is 4.98 Å². The molecule has 1 aromatic heterocycles. The lowest BCUT2D eigenvalue weighted by molar-refractivity contribution is 0.118. The Morgan fingerprint density at radius 1 is 1.38 bits per heavy atom. The van der Waals surface area contributed by atoms with E-state index in [9.17, 15) is 0 Å². The van der Waals surface area contributed by atoms with E-state index in [4.69, 9.17) is 9.72 Å². The van der Waals surface area contributed by atoms with Gasteiger partial charge in [-0.15, -0.1) is 0 Å². The molecule has 1 aromatic rings. The average Bonchev–Trinajstić information content (AvgIpc) is 2.90. The van der Waals surface area contributed by atoms with Crippen LogP contribution in [0.15, 0.2) is 12.1 Å². The molecule has 4 nitrogen and oxygen atoms in total. The Hall–Kier alpha value is -1.13. The van der Waals surface area contributed by atoms with Crippen molar-refractivity contribution in [2.45, 2.75) is 58.7 Å². The number of pyridine rings is 1. The van der Waals surface area contributed by atoms with Crippen molar-refractivity contribution in [3.8, 4) is 0 Å². The Balaban J connectivity index is 2.21. The molecule has 0 spiro atoms. The minimum Gasteiger partial charge on any atom is -0.376 e. The summed E-state index contributed by atoms with van der Waals surface area (Å²) in [6.07, 6.45) is 3.53. The second kappa shape index (κ2) is 7.76. The van der Waals surface area contributed by atoms with Crippen LogP contribution in [0.2, 0.25) is 0 Å². The molecule has 2 heterocycles. The summed E-state index contributed by atoms with van der Waals surface area (Å²) in [7, 11) is 2.14. The molecule has 4 heteroatoms. The summed E-state index contributed by atoms with van der Waals surface area (Å²) in [5, 5.41) is 3.41. The predicted molar refractivity (Wildman–Crippen MR) is 87.8 cm³/mol. The fourth-order valence-corrected chi connectivity index (χ4v) is 2.97. The molecule has 21 heavy (non-hydrogen) atoms. The number of rotatable bonds is 7. The summed E-state index contributed by atoms with van der Waals surface area (Å²) < 4.78 is 5.70. The van der Waals surface area contributed by atoms with Crippen LogP contribution >= 0.6 is 0 Å². The second-order valence-electron chi connectivity index (χ2n) is 5.90. The number of hydrogen-bond acceptors (Lipinski definition) is 4. The summed E-state index contributed by atoms with van der Waals surface area (Å²) >= 11 is 0. The van der Waals surface area contributed by atoms with Gasteiger partial charge < -0.3 is 15.0 Å². The van der Waals surface area contributed by atoms with E-state index in [-0.39, 0.29) is 6.10 Å². The van der Waals surface area contributed by atoms with Crippen LogP contribution in [0.1, 0.15) is 44.9 Å². The fourth-order valence-electron chi connectivity index (χ4n) is 2.97. The first-order chi connectivity index (χ1) is 10.2. The van der Waals surface area contributed by atoms with Crippen LogP contribution in [0, 0.1) is 0 Å². The molecule has 2 rings (SSSR count). The van der Waals surface area contributed by atoms with Gasteiger partial charge in [0.1, 0.15) is 5.82 Å². The zero-order chi connectivity index (χ0) is 15.2.